The minimum Gasteiger partial charge on any atom is -0.494 e. The van der Waals surface area contributed by atoms with Gasteiger partial charge in [-0.3, -0.25) is 14.2 Å². The van der Waals surface area contributed by atoms with Crippen LogP contribution < -0.4 is 11.3 Å². The predicted octanol–water partition coefficient (Wildman–Crippen LogP) is 1.20. The van der Waals surface area contributed by atoms with E-state index in [1.165, 1.54) is 10.6 Å². The summed E-state index contributed by atoms with van der Waals surface area (Å²) in [5, 5.41) is 10.1. The number of pyridine rings is 1. The number of amides is 1. The van der Waals surface area contributed by atoms with Gasteiger partial charge in [0, 0.05) is 12.6 Å². The van der Waals surface area contributed by atoms with Crippen molar-refractivity contribution < 1.29 is 9.90 Å². The van der Waals surface area contributed by atoms with Gasteiger partial charge >= 0.3 is 0 Å². The van der Waals surface area contributed by atoms with Gasteiger partial charge in [0.2, 0.25) is 5.88 Å². The van der Waals surface area contributed by atoms with Crippen molar-refractivity contribution in [3.63, 3.8) is 0 Å². The Bertz CT molecular complexity index is 690. The highest BCUT2D eigenvalue weighted by Gasteiger charge is 2.16. The second-order valence-electron chi connectivity index (χ2n) is 4.62. The third-order valence-corrected chi connectivity index (χ3v) is 3.19. The van der Waals surface area contributed by atoms with Crippen LogP contribution in [0.15, 0.2) is 41.2 Å². The van der Waals surface area contributed by atoms with E-state index < -0.39 is 5.91 Å². The summed E-state index contributed by atoms with van der Waals surface area (Å²) in [5.74, 6) is -1.10. The largest absolute Gasteiger partial charge is 0.494 e. The number of nitrogens with zero attached hydrogens (tertiary/aromatic N) is 1. The zero-order chi connectivity index (χ0) is 14.7. The predicted molar refractivity (Wildman–Crippen MR) is 75.8 cm³/mol. The van der Waals surface area contributed by atoms with E-state index in [9.17, 15) is 14.7 Å². The first-order chi connectivity index (χ1) is 9.50. The maximum Gasteiger partial charge on any atom is 0.254 e. The number of primary amides is 1. The first-order valence-corrected chi connectivity index (χ1v) is 6.28. The van der Waals surface area contributed by atoms with Crippen LogP contribution in [0.5, 0.6) is 5.88 Å². The molecule has 2 rings (SSSR count). The SMILES string of the molecule is Cc1cc(=O)n(CCc2ccccc2)c(O)c1C(N)=O. The van der Waals surface area contributed by atoms with Gasteiger partial charge in [0.15, 0.2) is 0 Å². The Balaban J connectivity index is 2.35. The molecule has 1 amide bonds. The van der Waals surface area contributed by atoms with E-state index in [1.54, 1.807) is 6.92 Å². The van der Waals surface area contributed by atoms with E-state index >= 15 is 0 Å². The highest BCUT2D eigenvalue weighted by atomic mass is 16.3. The number of benzene rings is 1. The summed E-state index contributed by atoms with van der Waals surface area (Å²) < 4.78 is 1.17. The maximum absolute atomic E-state index is 11.9. The summed E-state index contributed by atoms with van der Waals surface area (Å²) >= 11 is 0. The summed E-state index contributed by atoms with van der Waals surface area (Å²) in [7, 11) is 0. The van der Waals surface area contributed by atoms with E-state index in [2.05, 4.69) is 0 Å². The molecule has 3 N–H and O–H groups in total. The third-order valence-electron chi connectivity index (χ3n) is 3.19. The quantitative estimate of drug-likeness (QED) is 0.877. The zero-order valence-electron chi connectivity index (χ0n) is 11.2. The summed E-state index contributed by atoms with van der Waals surface area (Å²) in [4.78, 5) is 23.2. The minimum atomic E-state index is -0.742. The molecule has 0 atom stereocenters. The number of rotatable bonds is 4. The van der Waals surface area contributed by atoms with Gasteiger partial charge in [-0.2, -0.15) is 0 Å². The molecule has 0 aliphatic rings. The molecule has 0 aliphatic heterocycles. The average Bonchev–Trinajstić information content (AvgIpc) is 2.38. The highest BCUT2D eigenvalue weighted by Crippen LogP contribution is 2.18. The van der Waals surface area contributed by atoms with E-state index in [1.807, 2.05) is 30.3 Å². The van der Waals surface area contributed by atoms with Gasteiger partial charge in [-0.25, -0.2) is 0 Å². The monoisotopic (exact) mass is 272 g/mol. The van der Waals surface area contributed by atoms with Crippen LogP contribution in [0.3, 0.4) is 0 Å². The Morgan fingerprint density at radius 2 is 1.95 bits per heavy atom. The third kappa shape index (κ3) is 2.71. The molecule has 1 aromatic carbocycles. The fourth-order valence-electron chi connectivity index (χ4n) is 2.16. The minimum absolute atomic E-state index is 0.00217. The lowest BCUT2D eigenvalue weighted by molar-refractivity contribution is 0.0995. The molecule has 104 valence electrons. The first-order valence-electron chi connectivity index (χ1n) is 6.28. The molecule has 0 fully saturated rings. The molecule has 5 heteroatoms. The van der Waals surface area contributed by atoms with Crippen LogP contribution in [0.2, 0.25) is 0 Å². The van der Waals surface area contributed by atoms with Crippen molar-refractivity contribution >= 4 is 5.91 Å². The van der Waals surface area contributed by atoms with Gasteiger partial charge in [-0.15, -0.1) is 0 Å². The lowest BCUT2D eigenvalue weighted by Crippen LogP contribution is -2.25. The van der Waals surface area contributed by atoms with E-state index in [-0.39, 0.29) is 23.5 Å². The molecule has 0 unspecified atom stereocenters. The Labute approximate surface area is 116 Å². The van der Waals surface area contributed by atoms with Crippen LogP contribution in [-0.2, 0) is 13.0 Å². The molecule has 20 heavy (non-hydrogen) atoms. The lowest BCUT2D eigenvalue weighted by atomic mass is 10.1. The van der Waals surface area contributed by atoms with Crippen molar-refractivity contribution in [3.8, 4) is 5.88 Å². The smallest absolute Gasteiger partial charge is 0.254 e. The molecule has 0 saturated heterocycles. The van der Waals surface area contributed by atoms with Gasteiger partial charge in [0.25, 0.3) is 11.5 Å². The molecule has 0 spiro atoms. The number of aromatic nitrogens is 1. The Kier molecular flexibility index (Phi) is 3.89. The first kappa shape index (κ1) is 13.9. The van der Waals surface area contributed by atoms with Gasteiger partial charge in [-0.1, -0.05) is 30.3 Å². The summed E-state index contributed by atoms with van der Waals surface area (Å²) in [5.41, 5.74) is 6.31. The van der Waals surface area contributed by atoms with Crippen LogP contribution in [0.1, 0.15) is 21.5 Å². The molecular weight excluding hydrogens is 256 g/mol. The zero-order valence-corrected chi connectivity index (χ0v) is 11.2. The Morgan fingerprint density at radius 3 is 2.55 bits per heavy atom. The second-order valence-corrected chi connectivity index (χ2v) is 4.62. The molecule has 1 heterocycles. The van der Waals surface area contributed by atoms with Gasteiger partial charge in [-0.05, 0) is 24.5 Å². The number of hydrogen-bond donors (Lipinski definition) is 2. The van der Waals surface area contributed by atoms with Gasteiger partial charge in [0.1, 0.15) is 5.56 Å². The fourth-order valence-corrected chi connectivity index (χ4v) is 2.16. The van der Waals surface area contributed by atoms with Crippen molar-refractivity contribution in [3.05, 3.63) is 63.4 Å². The van der Waals surface area contributed by atoms with Crippen molar-refractivity contribution in [2.45, 2.75) is 19.9 Å². The number of aryl methyl sites for hydroxylation is 2. The van der Waals surface area contributed by atoms with Crippen LogP contribution >= 0.6 is 0 Å². The highest BCUT2D eigenvalue weighted by molar-refractivity contribution is 5.96. The fraction of sp³-hybridized carbons (Fsp3) is 0.200. The molecule has 1 aromatic heterocycles. The summed E-state index contributed by atoms with van der Waals surface area (Å²) in [6.07, 6.45) is 0.579. The van der Waals surface area contributed by atoms with Crippen molar-refractivity contribution in [2.24, 2.45) is 5.73 Å². The van der Waals surface area contributed by atoms with Gasteiger partial charge < -0.3 is 10.8 Å². The molecule has 0 saturated carbocycles. The Hall–Kier alpha value is -2.56. The number of hydrogen-bond acceptors (Lipinski definition) is 3. The molecule has 0 radical (unpaired) electrons. The number of nitrogens with two attached hydrogens (primary N) is 1. The summed E-state index contributed by atoms with van der Waals surface area (Å²) in [6.45, 7) is 1.86. The molecule has 2 aromatic rings. The van der Waals surface area contributed by atoms with E-state index in [0.29, 0.717) is 12.0 Å². The molecular formula is C15H16N2O3. The van der Waals surface area contributed by atoms with E-state index in [0.717, 1.165) is 5.56 Å². The number of carbonyl (C=O) groups is 1. The lowest BCUT2D eigenvalue weighted by Gasteiger charge is -2.12. The summed E-state index contributed by atoms with van der Waals surface area (Å²) in [6, 6.07) is 10.9. The van der Waals surface area contributed by atoms with Crippen LogP contribution in [-0.4, -0.2) is 15.6 Å². The molecule has 0 aliphatic carbocycles. The molecule has 5 nitrogen and oxygen atoms in total. The number of carbonyl (C=O) groups excluding carboxylic acids is 1. The van der Waals surface area contributed by atoms with Gasteiger partial charge in [0.05, 0.1) is 0 Å². The Morgan fingerprint density at radius 1 is 1.30 bits per heavy atom. The normalized spacial score (nSPS) is 10.4. The van der Waals surface area contributed by atoms with Crippen molar-refractivity contribution in [2.75, 3.05) is 0 Å². The molecule has 0 bridgehead atoms. The van der Waals surface area contributed by atoms with Crippen LogP contribution in [0.4, 0.5) is 0 Å². The van der Waals surface area contributed by atoms with E-state index in [4.69, 9.17) is 5.73 Å². The number of aromatic hydroxyl groups is 1. The second kappa shape index (κ2) is 5.61. The topological polar surface area (TPSA) is 85.3 Å². The van der Waals surface area contributed by atoms with Crippen LogP contribution in [0, 0.1) is 6.92 Å². The van der Waals surface area contributed by atoms with Crippen molar-refractivity contribution in [1.82, 2.24) is 4.57 Å². The average molecular weight is 272 g/mol. The van der Waals surface area contributed by atoms with Crippen molar-refractivity contribution in [1.29, 1.82) is 0 Å². The van der Waals surface area contributed by atoms with Crippen LogP contribution in [0.25, 0.3) is 0 Å². The maximum atomic E-state index is 11.9. The standard InChI is InChI=1S/C15H16N2O3/c1-10-9-12(18)17(15(20)13(10)14(16)19)8-7-11-5-3-2-4-6-11/h2-6,9,20H,7-8H2,1H3,(H2,16,19).